The molecule has 0 aliphatic carbocycles. The molecule has 31 heavy (non-hydrogen) atoms. The number of carbonyl (C=O) groups excluding carboxylic acids is 2. The first kappa shape index (κ1) is 22.0. The maximum atomic E-state index is 13.2. The van der Waals surface area contributed by atoms with E-state index < -0.39 is 34.2 Å². The number of nitrogens with zero attached hydrogens (tertiary/aromatic N) is 1. The molecule has 8 nitrogen and oxygen atoms in total. The predicted octanol–water partition coefficient (Wildman–Crippen LogP) is 2.75. The second-order valence-corrected chi connectivity index (χ2v) is 8.51. The van der Waals surface area contributed by atoms with Crippen molar-refractivity contribution in [3.05, 3.63) is 84.1 Å². The summed E-state index contributed by atoms with van der Waals surface area (Å²) < 4.78 is 43.5. The van der Waals surface area contributed by atoms with Crippen LogP contribution >= 0.6 is 0 Å². The first-order chi connectivity index (χ1) is 14.7. The molecule has 0 spiro atoms. The Kier molecular flexibility index (Phi) is 6.71. The van der Waals surface area contributed by atoms with Crippen molar-refractivity contribution in [2.75, 3.05) is 22.4 Å². The van der Waals surface area contributed by atoms with Gasteiger partial charge in [-0.15, -0.1) is 0 Å². The minimum atomic E-state index is -3.82. The van der Waals surface area contributed by atoms with Crippen LogP contribution in [0.25, 0.3) is 0 Å². The van der Waals surface area contributed by atoms with Crippen LogP contribution in [0.1, 0.15) is 16.1 Å². The zero-order valence-electron chi connectivity index (χ0n) is 16.5. The number of hydrogen-bond acceptors (Lipinski definition) is 5. The van der Waals surface area contributed by atoms with Crippen molar-refractivity contribution in [1.29, 1.82) is 0 Å². The molecule has 1 aromatic heterocycles. The van der Waals surface area contributed by atoms with Crippen LogP contribution in [-0.4, -0.2) is 33.0 Å². The van der Waals surface area contributed by atoms with Gasteiger partial charge in [-0.1, -0.05) is 12.1 Å². The van der Waals surface area contributed by atoms with Crippen molar-refractivity contribution in [3.8, 4) is 0 Å². The van der Waals surface area contributed by atoms with E-state index >= 15 is 0 Å². The molecule has 0 saturated heterocycles. The van der Waals surface area contributed by atoms with Gasteiger partial charge in [0.25, 0.3) is 5.91 Å². The van der Waals surface area contributed by atoms with Gasteiger partial charge in [0.2, 0.25) is 15.9 Å². The highest BCUT2D eigenvalue weighted by Gasteiger charge is 2.22. The monoisotopic (exact) mass is 445 g/mol. The number of carbonyl (C=O) groups is 2. The van der Waals surface area contributed by atoms with E-state index in [2.05, 4.69) is 10.6 Å². The number of rotatable bonds is 8. The Bertz CT molecular complexity index is 1160. The van der Waals surface area contributed by atoms with Gasteiger partial charge in [0.15, 0.2) is 0 Å². The third-order valence-electron chi connectivity index (χ3n) is 4.25. The molecule has 10 heteroatoms. The van der Waals surface area contributed by atoms with E-state index in [1.54, 1.807) is 24.3 Å². The smallest absolute Gasteiger partial charge is 0.253 e. The summed E-state index contributed by atoms with van der Waals surface area (Å²) in [4.78, 5) is 25.1. The van der Waals surface area contributed by atoms with Crippen LogP contribution in [-0.2, 0) is 21.4 Å². The van der Waals surface area contributed by atoms with Crippen LogP contribution < -0.4 is 14.9 Å². The van der Waals surface area contributed by atoms with Gasteiger partial charge in [0.05, 0.1) is 36.0 Å². The number of anilines is 2. The number of halogens is 1. The summed E-state index contributed by atoms with van der Waals surface area (Å²) >= 11 is 0. The van der Waals surface area contributed by atoms with E-state index in [0.717, 1.165) is 22.7 Å². The Balaban J connectivity index is 1.73. The minimum Gasteiger partial charge on any atom is -0.467 e. The summed E-state index contributed by atoms with van der Waals surface area (Å²) in [6.45, 7) is -0.382. The van der Waals surface area contributed by atoms with E-state index in [1.807, 2.05) is 0 Å². The Morgan fingerprint density at radius 1 is 1.03 bits per heavy atom. The molecule has 0 bridgehead atoms. The normalized spacial score (nSPS) is 11.0. The van der Waals surface area contributed by atoms with Crippen LogP contribution in [0.5, 0.6) is 0 Å². The van der Waals surface area contributed by atoms with Gasteiger partial charge < -0.3 is 15.1 Å². The topological polar surface area (TPSA) is 109 Å². The lowest BCUT2D eigenvalue weighted by atomic mass is 10.1. The molecule has 162 valence electrons. The van der Waals surface area contributed by atoms with Crippen LogP contribution in [0, 0.1) is 5.82 Å². The van der Waals surface area contributed by atoms with Crippen molar-refractivity contribution in [1.82, 2.24) is 5.32 Å². The van der Waals surface area contributed by atoms with E-state index in [4.69, 9.17) is 4.42 Å². The molecule has 0 unspecified atom stereocenters. The predicted molar refractivity (Wildman–Crippen MR) is 114 cm³/mol. The fraction of sp³-hybridized carbons (Fsp3) is 0.143. The summed E-state index contributed by atoms with van der Waals surface area (Å²) in [6.07, 6.45) is 2.43. The Hall–Kier alpha value is -3.66. The van der Waals surface area contributed by atoms with Gasteiger partial charge in [0, 0.05) is 0 Å². The lowest BCUT2D eigenvalue weighted by molar-refractivity contribution is -0.114. The Morgan fingerprint density at radius 3 is 2.39 bits per heavy atom. The molecule has 0 atom stereocenters. The van der Waals surface area contributed by atoms with Gasteiger partial charge in [-0.2, -0.15) is 0 Å². The molecule has 0 saturated carbocycles. The third kappa shape index (κ3) is 5.92. The van der Waals surface area contributed by atoms with Crippen LogP contribution in [0.15, 0.2) is 71.3 Å². The quantitative estimate of drug-likeness (QED) is 0.554. The largest absolute Gasteiger partial charge is 0.467 e. The van der Waals surface area contributed by atoms with Crippen molar-refractivity contribution in [2.45, 2.75) is 6.54 Å². The average Bonchev–Trinajstić information content (AvgIpc) is 3.24. The second kappa shape index (κ2) is 9.43. The highest BCUT2D eigenvalue weighted by Crippen LogP contribution is 2.19. The van der Waals surface area contributed by atoms with Gasteiger partial charge in [-0.25, -0.2) is 12.8 Å². The van der Waals surface area contributed by atoms with Crippen LogP contribution in [0.2, 0.25) is 0 Å². The first-order valence-electron chi connectivity index (χ1n) is 9.17. The molecule has 1 heterocycles. The number of para-hydroxylation sites is 1. The number of sulfonamides is 1. The zero-order valence-corrected chi connectivity index (χ0v) is 17.4. The molecule has 0 aliphatic rings. The molecular formula is C21H20FN3O5S. The molecule has 3 rings (SSSR count). The van der Waals surface area contributed by atoms with E-state index in [0.29, 0.717) is 5.76 Å². The van der Waals surface area contributed by atoms with E-state index in [9.17, 15) is 22.4 Å². The maximum Gasteiger partial charge on any atom is 0.253 e. The standard InChI is InChI=1S/C21H20FN3O5S/c1-31(28,29)25(16-10-8-15(22)9-11-16)14-20(26)24-19-7-3-2-6-18(19)21(27)23-13-17-5-4-12-30-17/h2-12H,13-14H2,1H3,(H,23,27)(H,24,26). The number of nitrogens with one attached hydrogen (secondary N) is 2. The molecule has 2 aromatic carbocycles. The minimum absolute atomic E-state index is 0.142. The number of amides is 2. The highest BCUT2D eigenvalue weighted by atomic mass is 32.2. The first-order valence-corrected chi connectivity index (χ1v) is 11.0. The lowest BCUT2D eigenvalue weighted by Crippen LogP contribution is -2.37. The van der Waals surface area contributed by atoms with E-state index in [1.165, 1.54) is 30.5 Å². The Morgan fingerprint density at radius 2 is 1.74 bits per heavy atom. The average molecular weight is 445 g/mol. The van der Waals surface area contributed by atoms with Crippen molar-refractivity contribution < 1.29 is 26.8 Å². The molecular weight excluding hydrogens is 425 g/mol. The molecule has 0 fully saturated rings. The van der Waals surface area contributed by atoms with Crippen molar-refractivity contribution in [3.63, 3.8) is 0 Å². The summed E-state index contributed by atoms with van der Waals surface area (Å²) in [5.41, 5.74) is 0.565. The maximum absolute atomic E-state index is 13.2. The van der Waals surface area contributed by atoms with Gasteiger partial charge in [0.1, 0.15) is 18.1 Å². The molecule has 0 aliphatic heterocycles. The summed E-state index contributed by atoms with van der Waals surface area (Å²) in [6, 6.07) is 14.5. The van der Waals surface area contributed by atoms with Crippen LogP contribution in [0.4, 0.5) is 15.8 Å². The number of hydrogen-bond donors (Lipinski definition) is 2. The third-order valence-corrected chi connectivity index (χ3v) is 5.39. The highest BCUT2D eigenvalue weighted by molar-refractivity contribution is 7.92. The fourth-order valence-corrected chi connectivity index (χ4v) is 3.65. The summed E-state index contributed by atoms with van der Waals surface area (Å²) in [5, 5.41) is 5.25. The summed E-state index contributed by atoms with van der Waals surface area (Å²) in [5.74, 6) is -1.07. The zero-order chi connectivity index (χ0) is 22.4. The summed E-state index contributed by atoms with van der Waals surface area (Å²) in [7, 11) is -3.82. The van der Waals surface area contributed by atoms with Gasteiger partial charge >= 0.3 is 0 Å². The fourth-order valence-electron chi connectivity index (χ4n) is 2.79. The Labute approximate surface area is 178 Å². The molecule has 2 amide bonds. The van der Waals surface area contributed by atoms with Crippen molar-refractivity contribution in [2.24, 2.45) is 0 Å². The lowest BCUT2D eigenvalue weighted by Gasteiger charge is -2.22. The molecule has 3 aromatic rings. The van der Waals surface area contributed by atoms with Gasteiger partial charge in [-0.3, -0.25) is 13.9 Å². The second-order valence-electron chi connectivity index (χ2n) is 6.60. The number of benzene rings is 2. The number of furan rings is 1. The SMILES string of the molecule is CS(=O)(=O)N(CC(=O)Nc1ccccc1C(=O)NCc1ccco1)c1ccc(F)cc1. The molecule has 2 N–H and O–H groups in total. The molecule has 0 radical (unpaired) electrons. The van der Waals surface area contributed by atoms with Gasteiger partial charge in [-0.05, 0) is 48.5 Å². The van der Waals surface area contributed by atoms with E-state index in [-0.39, 0.29) is 23.5 Å². The van der Waals surface area contributed by atoms with Crippen molar-refractivity contribution >= 4 is 33.2 Å². The van der Waals surface area contributed by atoms with Crippen LogP contribution in [0.3, 0.4) is 0 Å².